The van der Waals surface area contributed by atoms with Crippen LogP contribution in [-0.2, 0) is 11.8 Å². The van der Waals surface area contributed by atoms with E-state index < -0.39 is 0 Å². The zero-order chi connectivity index (χ0) is 10.1. The van der Waals surface area contributed by atoms with E-state index >= 15 is 0 Å². The maximum absolute atomic E-state index is 8.94. The molecule has 0 radical (unpaired) electrons. The lowest BCUT2D eigenvalue weighted by Gasteiger charge is -2.10. The largest absolute Gasteiger partial charge is 0.372 e. The van der Waals surface area contributed by atoms with Gasteiger partial charge >= 0.3 is 0 Å². The minimum absolute atomic E-state index is 0.0158. The molecule has 1 saturated heterocycles. The molecule has 1 aromatic rings. The average Bonchev–Trinajstić information content (AvgIpc) is 2.71. The van der Waals surface area contributed by atoms with E-state index in [4.69, 9.17) is 10.00 Å². The Labute approximate surface area is 83.1 Å². The van der Waals surface area contributed by atoms with Crippen molar-refractivity contribution in [2.75, 3.05) is 6.61 Å². The van der Waals surface area contributed by atoms with Crippen LogP contribution in [0.3, 0.4) is 0 Å². The summed E-state index contributed by atoms with van der Waals surface area (Å²) < 4.78 is 7.33. The zero-order valence-corrected chi connectivity index (χ0v) is 8.40. The summed E-state index contributed by atoms with van der Waals surface area (Å²) in [5.74, 6) is -0.0158. The fourth-order valence-corrected chi connectivity index (χ4v) is 1.93. The van der Waals surface area contributed by atoms with E-state index in [9.17, 15) is 0 Å². The number of aryl methyl sites for hydroxylation is 2. The van der Waals surface area contributed by atoms with Gasteiger partial charge in [0.2, 0.25) is 0 Å². The Morgan fingerprint density at radius 3 is 3.07 bits per heavy atom. The number of nitriles is 1. The van der Waals surface area contributed by atoms with Crippen LogP contribution in [0.5, 0.6) is 0 Å². The fraction of sp³-hybridized carbons (Fsp3) is 0.600. The van der Waals surface area contributed by atoms with Crippen LogP contribution in [0.15, 0.2) is 6.20 Å². The van der Waals surface area contributed by atoms with E-state index in [1.54, 1.807) is 4.68 Å². The molecule has 0 saturated carbocycles. The SMILES string of the molecule is Cc1nn(C)cc1C1OCCC1C#N. The van der Waals surface area contributed by atoms with Crippen molar-refractivity contribution < 1.29 is 4.74 Å². The highest BCUT2D eigenvalue weighted by Gasteiger charge is 2.31. The predicted octanol–water partition coefficient (Wildman–Crippen LogP) is 1.33. The van der Waals surface area contributed by atoms with Crippen molar-refractivity contribution >= 4 is 0 Å². The van der Waals surface area contributed by atoms with Gasteiger partial charge in [-0.05, 0) is 13.3 Å². The van der Waals surface area contributed by atoms with Crippen LogP contribution in [0.1, 0.15) is 23.8 Å². The summed E-state index contributed by atoms with van der Waals surface area (Å²) in [4.78, 5) is 0. The molecule has 2 atom stereocenters. The summed E-state index contributed by atoms with van der Waals surface area (Å²) in [6.45, 7) is 2.63. The smallest absolute Gasteiger partial charge is 0.102 e. The summed E-state index contributed by atoms with van der Waals surface area (Å²) in [6.07, 6.45) is 2.69. The molecule has 1 aliphatic rings. The van der Waals surface area contributed by atoms with Gasteiger partial charge in [0.05, 0.1) is 17.7 Å². The molecule has 14 heavy (non-hydrogen) atoms. The Morgan fingerprint density at radius 1 is 1.71 bits per heavy atom. The fourth-order valence-electron chi connectivity index (χ4n) is 1.93. The second-order valence-corrected chi connectivity index (χ2v) is 3.66. The second-order valence-electron chi connectivity index (χ2n) is 3.66. The second kappa shape index (κ2) is 3.43. The Morgan fingerprint density at radius 2 is 2.50 bits per heavy atom. The summed E-state index contributed by atoms with van der Waals surface area (Å²) in [7, 11) is 1.88. The first kappa shape index (κ1) is 9.22. The highest BCUT2D eigenvalue weighted by Crippen LogP contribution is 2.34. The molecular formula is C10H13N3O. The van der Waals surface area contributed by atoms with Crippen molar-refractivity contribution in [3.05, 3.63) is 17.5 Å². The van der Waals surface area contributed by atoms with E-state index in [1.807, 2.05) is 20.2 Å². The van der Waals surface area contributed by atoms with Crippen molar-refractivity contribution in [1.29, 1.82) is 5.26 Å². The normalized spacial score (nSPS) is 26.4. The predicted molar refractivity (Wildman–Crippen MR) is 50.4 cm³/mol. The Kier molecular flexibility index (Phi) is 2.26. The molecule has 0 aliphatic carbocycles. The summed E-state index contributed by atoms with van der Waals surface area (Å²) in [5.41, 5.74) is 2.01. The standard InChI is InChI=1S/C10H13N3O/c1-7-9(6-13(2)12-7)10-8(5-11)3-4-14-10/h6,8,10H,3-4H2,1-2H3. The number of nitrogens with zero attached hydrogens (tertiary/aromatic N) is 3. The van der Waals surface area contributed by atoms with Gasteiger partial charge in [-0.3, -0.25) is 4.68 Å². The molecule has 1 aliphatic heterocycles. The molecule has 0 aromatic carbocycles. The molecular weight excluding hydrogens is 178 g/mol. The Bertz CT molecular complexity index is 377. The molecule has 4 heteroatoms. The molecule has 0 amide bonds. The lowest BCUT2D eigenvalue weighted by Crippen LogP contribution is -2.05. The van der Waals surface area contributed by atoms with Gasteiger partial charge in [0.15, 0.2) is 0 Å². The molecule has 74 valence electrons. The number of ether oxygens (including phenoxy) is 1. The van der Waals surface area contributed by atoms with Gasteiger partial charge in [-0.15, -0.1) is 0 Å². The lowest BCUT2D eigenvalue weighted by atomic mass is 9.97. The number of aromatic nitrogens is 2. The zero-order valence-electron chi connectivity index (χ0n) is 8.40. The highest BCUT2D eigenvalue weighted by atomic mass is 16.5. The maximum atomic E-state index is 8.94. The first-order valence-corrected chi connectivity index (χ1v) is 4.73. The van der Waals surface area contributed by atoms with Crippen LogP contribution >= 0.6 is 0 Å². The maximum Gasteiger partial charge on any atom is 0.102 e. The molecule has 2 rings (SSSR count). The molecule has 0 bridgehead atoms. The van der Waals surface area contributed by atoms with Crippen LogP contribution < -0.4 is 0 Å². The molecule has 4 nitrogen and oxygen atoms in total. The van der Waals surface area contributed by atoms with E-state index in [2.05, 4.69) is 11.2 Å². The van der Waals surface area contributed by atoms with Gasteiger partial charge in [0.25, 0.3) is 0 Å². The summed E-state index contributed by atoms with van der Waals surface area (Å²) in [6, 6.07) is 2.29. The Hall–Kier alpha value is -1.34. The minimum Gasteiger partial charge on any atom is -0.372 e. The van der Waals surface area contributed by atoms with Crippen LogP contribution in [0.4, 0.5) is 0 Å². The van der Waals surface area contributed by atoms with E-state index in [1.165, 1.54) is 0 Å². The molecule has 0 spiro atoms. The molecule has 1 aromatic heterocycles. The van der Waals surface area contributed by atoms with Crippen LogP contribution in [0, 0.1) is 24.2 Å². The molecule has 2 heterocycles. The number of hydrogen-bond donors (Lipinski definition) is 0. The third-order valence-corrected chi connectivity index (χ3v) is 2.62. The van der Waals surface area contributed by atoms with Crippen molar-refractivity contribution in [3.8, 4) is 6.07 Å². The topological polar surface area (TPSA) is 50.8 Å². The summed E-state index contributed by atoms with van der Waals surface area (Å²) >= 11 is 0. The highest BCUT2D eigenvalue weighted by molar-refractivity contribution is 5.22. The van der Waals surface area contributed by atoms with Gasteiger partial charge in [-0.2, -0.15) is 10.4 Å². The van der Waals surface area contributed by atoms with E-state index in [0.717, 1.165) is 17.7 Å². The molecule has 1 fully saturated rings. The number of rotatable bonds is 1. The average molecular weight is 191 g/mol. The van der Waals surface area contributed by atoms with Gasteiger partial charge in [-0.25, -0.2) is 0 Å². The molecule has 0 N–H and O–H groups in total. The van der Waals surface area contributed by atoms with Crippen LogP contribution in [-0.4, -0.2) is 16.4 Å². The third kappa shape index (κ3) is 1.40. The monoisotopic (exact) mass is 191 g/mol. The Balaban J connectivity index is 2.31. The van der Waals surface area contributed by atoms with Crippen LogP contribution in [0.25, 0.3) is 0 Å². The van der Waals surface area contributed by atoms with E-state index in [-0.39, 0.29) is 12.0 Å². The quantitative estimate of drug-likeness (QED) is 0.672. The van der Waals surface area contributed by atoms with E-state index in [0.29, 0.717) is 6.61 Å². The van der Waals surface area contributed by atoms with Gasteiger partial charge < -0.3 is 4.74 Å². The van der Waals surface area contributed by atoms with Crippen molar-refractivity contribution in [1.82, 2.24) is 9.78 Å². The van der Waals surface area contributed by atoms with Crippen molar-refractivity contribution in [3.63, 3.8) is 0 Å². The summed E-state index contributed by atoms with van der Waals surface area (Å²) in [5, 5.41) is 13.2. The van der Waals surface area contributed by atoms with Gasteiger partial charge in [0.1, 0.15) is 6.10 Å². The van der Waals surface area contributed by atoms with Gasteiger partial charge in [0, 0.05) is 25.4 Å². The van der Waals surface area contributed by atoms with Crippen LogP contribution in [0.2, 0.25) is 0 Å². The third-order valence-electron chi connectivity index (χ3n) is 2.62. The first-order chi connectivity index (χ1) is 6.72. The minimum atomic E-state index is -0.0753. The number of hydrogen-bond acceptors (Lipinski definition) is 3. The van der Waals surface area contributed by atoms with Gasteiger partial charge in [-0.1, -0.05) is 0 Å². The molecule has 2 unspecified atom stereocenters. The lowest BCUT2D eigenvalue weighted by molar-refractivity contribution is 0.100. The van der Waals surface area contributed by atoms with Crippen molar-refractivity contribution in [2.24, 2.45) is 13.0 Å². The van der Waals surface area contributed by atoms with Crippen molar-refractivity contribution in [2.45, 2.75) is 19.4 Å². The first-order valence-electron chi connectivity index (χ1n) is 4.73.